The predicted molar refractivity (Wildman–Crippen MR) is 69.7 cm³/mol. The van der Waals surface area contributed by atoms with Crippen LogP contribution in [0.3, 0.4) is 0 Å². The summed E-state index contributed by atoms with van der Waals surface area (Å²) in [4.78, 5) is 10.7. The largest absolute Gasteiger partial charge is 0.478 e. The number of carboxylic acids is 1. The number of aromatic carboxylic acids is 1. The highest BCUT2D eigenvalue weighted by Crippen LogP contribution is 2.23. The van der Waals surface area contributed by atoms with Gasteiger partial charge >= 0.3 is 5.97 Å². The SMILES string of the molecule is CC(Nc1ccc(C(=O)O)cc1F)c1ccsc1. The van der Waals surface area contributed by atoms with Gasteiger partial charge in [-0.05, 0) is 47.5 Å². The molecular formula is C13H12FNO2S. The van der Waals surface area contributed by atoms with Gasteiger partial charge in [0, 0.05) is 6.04 Å². The summed E-state index contributed by atoms with van der Waals surface area (Å²) < 4.78 is 13.7. The number of thiophene rings is 1. The van der Waals surface area contributed by atoms with E-state index >= 15 is 0 Å². The third-order valence-electron chi connectivity index (χ3n) is 2.63. The number of carbonyl (C=O) groups is 1. The molecule has 5 heteroatoms. The Bertz CT molecular complexity index is 554. The van der Waals surface area contributed by atoms with Crippen molar-refractivity contribution in [2.45, 2.75) is 13.0 Å². The molecule has 0 spiro atoms. The van der Waals surface area contributed by atoms with Gasteiger partial charge in [0.25, 0.3) is 0 Å². The van der Waals surface area contributed by atoms with E-state index < -0.39 is 11.8 Å². The molecule has 1 atom stereocenters. The number of halogens is 1. The van der Waals surface area contributed by atoms with Gasteiger partial charge in [0.05, 0.1) is 11.3 Å². The van der Waals surface area contributed by atoms with Gasteiger partial charge < -0.3 is 10.4 Å². The van der Waals surface area contributed by atoms with Crippen molar-refractivity contribution in [3.05, 3.63) is 52.0 Å². The lowest BCUT2D eigenvalue weighted by Crippen LogP contribution is -2.08. The van der Waals surface area contributed by atoms with Crippen LogP contribution in [-0.2, 0) is 0 Å². The van der Waals surface area contributed by atoms with E-state index in [-0.39, 0.29) is 11.6 Å². The summed E-state index contributed by atoms with van der Waals surface area (Å²) in [5.74, 6) is -1.69. The number of rotatable bonds is 4. The van der Waals surface area contributed by atoms with Crippen molar-refractivity contribution < 1.29 is 14.3 Å². The number of hydrogen-bond acceptors (Lipinski definition) is 3. The van der Waals surface area contributed by atoms with Crippen LogP contribution in [0.2, 0.25) is 0 Å². The summed E-state index contributed by atoms with van der Waals surface area (Å²) >= 11 is 1.58. The van der Waals surface area contributed by atoms with E-state index in [1.807, 2.05) is 23.8 Å². The van der Waals surface area contributed by atoms with Gasteiger partial charge in [-0.3, -0.25) is 0 Å². The minimum absolute atomic E-state index is 0.0265. The third kappa shape index (κ3) is 2.68. The molecule has 0 saturated carbocycles. The molecule has 0 aliphatic carbocycles. The molecule has 18 heavy (non-hydrogen) atoms. The average molecular weight is 265 g/mol. The first-order valence-electron chi connectivity index (χ1n) is 5.39. The lowest BCUT2D eigenvalue weighted by Gasteiger charge is -2.14. The third-order valence-corrected chi connectivity index (χ3v) is 3.33. The van der Waals surface area contributed by atoms with Crippen LogP contribution in [0.15, 0.2) is 35.0 Å². The molecule has 0 aliphatic rings. The van der Waals surface area contributed by atoms with Crippen LogP contribution >= 0.6 is 11.3 Å². The Morgan fingerprint density at radius 2 is 2.22 bits per heavy atom. The lowest BCUT2D eigenvalue weighted by molar-refractivity contribution is 0.0696. The zero-order valence-corrected chi connectivity index (χ0v) is 10.5. The lowest BCUT2D eigenvalue weighted by atomic mass is 10.1. The van der Waals surface area contributed by atoms with Gasteiger partial charge in [0.15, 0.2) is 0 Å². The zero-order chi connectivity index (χ0) is 13.1. The van der Waals surface area contributed by atoms with Gasteiger partial charge in [-0.25, -0.2) is 9.18 Å². The highest BCUT2D eigenvalue weighted by atomic mass is 32.1. The van der Waals surface area contributed by atoms with E-state index in [1.165, 1.54) is 12.1 Å². The number of benzene rings is 1. The van der Waals surface area contributed by atoms with Gasteiger partial charge in [-0.2, -0.15) is 11.3 Å². The van der Waals surface area contributed by atoms with Crippen LogP contribution in [0.4, 0.5) is 10.1 Å². The predicted octanol–water partition coefficient (Wildman–Crippen LogP) is 3.76. The Kier molecular flexibility index (Phi) is 3.62. The molecule has 0 aliphatic heterocycles. The van der Waals surface area contributed by atoms with Crippen molar-refractivity contribution in [2.24, 2.45) is 0 Å². The Balaban J connectivity index is 2.17. The maximum absolute atomic E-state index is 13.7. The maximum atomic E-state index is 13.7. The Morgan fingerprint density at radius 3 is 2.78 bits per heavy atom. The average Bonchev–Trinajstić information content (AvgIpc) is 2.85. The van der Waals surface area contributed by atoms with Crippen molar-refractivity contribution in [2.75, 3.05) is 5.32 Å². The van der Waals surface area contributed by atoms with Crippen molar-refractivity contribution in [3.8, 4) is 0 Å². The molecule has 2 aromatic rings. The highest BCUT2D eigenvalue weighted by Gasteiger charge is 2.11. The van der Waals surface area contributed by atoms with Crippen LogP contribution in [-0.4, -0.2) is 11.1 Å². The summed E-state index contributed by atoms with van der Waals surface area (Å²) in [6, 6.07) is 5.79. The molecule has 3 nitrogen and oxygen atoms in total. The van der Waals surface area contributed by atoms with Gasteiger partial charge in [-0.15, -0.1) is 0 Å². The second kappa shape index (κ2) is 5.18. The molecule has 0 bridgehead atoms. The standard InChI is InChI=1S/C13H12FNO2S/c1-8(10-4-5-18-7-10)15-12-3-2-9(13(16)17)6-11(12)14/h2-8,15H,1H3,(H,16,17). The smallest absolute Gasteiger partial charge is 0.335 e. The van der Waals surface area contributed by atoms with Crippen LogP contribution in [0, 0.1) is 5.82 Å². The van der Waals surface area contributed by atoms with Crippen molar-refractivity contribution in [3.63, 3.8) is 0 Å². The molecule has 1 unspecified atom stereocenters. The van der Waals surface area contributed by atoms with E-state index in [2.05, 4.69) is 5.32 Å². The quantitative estimate of drug-likeness (QED) is 0.885. The van der Waals surface area contributed by atoms with Crippen LogP contribution in [0.5, 0.6) is 0 Å². The number of anilines is 1. The monoisotopic (exact) mass is 265 g/mol. The topological polar surface area (TPSA) is 49.3 Å². The molecule has 0 fully saturated rings. The first-order valence-corrected chi connectivity index (χ1v) is 6.33. The van der Waals surface area contributed by atoms with E-state index in [1.54, 1.807) is 11.3 Å². The van der Waals surface area contributed by atoms with Gasteiger partial charge in [0.1, 0.15) is 5.82 Å². The molecular weight excluding hydrogens is 253 g/mol. The fraction of sp³-hybridized carbons (Fsp3) is 0.154. The van der Waals surface area contributed by atoms with Crippen LogP contribution < -0.4 is 5.32 Å². The second-order valence-corrected chi connectivity index (χ2v) is 4.70. The minimum Gasteiger partial charge on any atom is -0.478 e. The molecule has 94 valence electrons. The number of nitrogens with one attached hydrogen (secondary N) is 1. The molecule has 1 aromatic heterocycles. The summed E-state index contributed by atoms with van der Waals surface area (Å²) in [7, 11) is 0. The number of hydrogen-bond donors (Lipinski definition) is 2. The molecule has 1 aromatic carbocycles. The van der Waals surface area contributed by atoms with E-state index in [9.17, 15) is 9.18 Å². The second-order valence-electron chi connectivity index (χ2n) is 3.92. The fourth-order valence-electron chi connectivity index (χ4n) is 1.60. The molecule has 0 saturated heterocycles. The molecule has 0 amide bonds. The van der Waals surface area contributed by atoms with E-state index in [0.29, 0.717) is 5.69 Å². The first kappa shape index (κ1) is 12.6. The van der Waals surface area contributed by atoms with E-state index in [0.717, 1.165) is 11.6 Å². The maximum Gasteiger partial charge on any atom is 0.335 e. The molecule has 2 rings (SSSR count). The normalized spacial score (nSPS) is 12.1. The van der Waals surface area contributed by atoms with Gasteiger partial charge in [-0.1, -0.05) is 0 Å². The summed E-state index contributed by atoms with van der Waals surface area (Å²) in [6.45, 7) is 1.92. The van der Waals surface area contributed by atoms with Crippen molar-refractivity contribution in [1.29, 1.82) is 0 Å². The fourth-order valence-corrected chi connectivity index (χ4v) is 2.36. The first-order chi connectivity index (χ1) is 8.58. The van der Waals surface area contributed by atoms with Gasteiger partial charge in [0.2, 0.25) is 0 Å². The van der Waals surface area contributed by atoms with Crippen LogP contribution in [0.25, 0.3) is 0 Å². The highest BCUT2D eigenvalue weighted by molar-refractivity contribution is 7.07. The Hall–Kier alpha value is -1.88. The van der Waals surface area contributed by atoms with Crippen molar-refractivity contribution >= 4 is 23.0 Å². The summed E-state index contributed by atoms with van der Waals surface area (Å²) in [5, 5.41) is 15.7. The van der Waals surface area contributed by atoms with Crippen LogP contribution in [0.1, 0.15) is 28.9 Å². The Labute approximate surface area is 108 Å². The summed E-state index contributed by atoms with van der Waals surface area (Å²) in [6.07, 6.45) is 0. The molecule has 0 radical (unpaired) electrons. The molecule has 1 heterocycles. The Morgan fingerprint density at radius 1 is 1.44 bits per heavy atom. The minimum atomic E-state index is -1.13. The summed E-state index contributed by atoms with van der Waals surface area (Å²) in [5.41, 5.74) is 1.32. The van der Waals surface area contributed by atoms with E-state index in [4.69, 9.17) is 5.11 Å². The zero-order valence-electron chi connectivity index (χ0n) is 9.68. The molecule has 2 N–H and O–H groups in total. The van der Waals surface area contributed by atoms with Crippen molar-refractivity contribution in [1.82, 2.24) is 0 Å². The number of carboxylic acid groups (broad SMARTS) is 1.